The Morgan fingerprint density at radius 1 is 0.974 bits per heavy atom. The smallest absolute Gasteiger partial charge is 0.276 e. The molecule has 39 heavy (non-hydrogen) atoms. The number of aliphatic hydroxyl groups is 1. The highest BCUT2D eigenvalue weighted by molar-refractivity contribution is 5.94. The van der Waals surface area contributed by atoms with Crippen LogP contribution in [0.5, 0.6) is 5.75 Å². The standard InChI is InChI=1S/C32H31N3O4/c1-23-17-19-38-28-15-9-8-14-26(28)29(25-12-6-3-7-13-25)35-22-33(20-23)32(37)30-31(27(36)16-18-34(30)35)39-21-24-10-4-2-5-11-24/h2-18,27,29,36H,19-22H2,1H3/b23-17-. The summed E-state index contributed by atoms with van der Waals surface area (Å²) >= 11 is 0. The fraction of sp³-hybridized carbons (Fsp3) is 0.219. The number of hydrazine groups is 1. The van der Waals surface area contributed by atoms with E-state index in [1.54, 1.807) is 17.2 Å². The average Bonchev–Trinajstić information content (AvgIpc) is 2.98. The fourth-order valence-electron chi connectivity index (χ4n) is 5.29. The molecule has 0 radical (unpaired) electrons. The van der Waals surface area contributed by atoms with E-state index < -0.39 is 6.10 Å². The van der Waals surface area contributed by atoms with Crippen LogP contribution in [0, 0.1) is 0 Å². The summed E-state index contributed by atoms with van der Waals surface area (Å²) in [6.45, 7) is 3.42. The van der Waals surface area contributed by atoms with E-state index in [4.69, 9.17) is 9.47 Å². The second-order valence-electron chi connectivity index (χ2n) is 9.91. The predicted molar refractivity (Wildman–Crippen MR) is 148 cm³/mol. The molecule has 0 aromatic heterocycles. The zero-order valence-electron chi connectivity index (χ0n) is 21.8. The summed E-state index contributed by atoms with van der Waals surface area (Å²) in [6, 6.07) is 27.7. The largest absolute Gasteiger partial charge is 0.489 e. The summed E-state index contributed by atoms with van der Waals surface area (Å²) in [5.41, 5.74) is 4.33. The minimum absolute atomic E-state index is 0.189. The molecule has 6 rings (SSSR count). The number of benzene rings is 3. The van der Waals surface area contributed by atoms with Gasteiger partial charge >= 0.3 is 0 Å². The van der Waals surface area contributed by atoms with E-state index in [1.807, 2.05) is 84.7 Å². The van der Waals surface area contributed by atoms with Gasteiger partial charge in [0.25, 0.3) is 5.91 Å². The van der Waals surface area contributed by atoms with Crippen LogP contribution in [-0.2, 0) is 16.1 Å². The third kappa shape index (κ3) is 4.94. The highest BCUT2D eigenvalue weighted by Crippen LogP contribution is 2.41. The molecular weight excluding hydrogens is 490 g/mol. The molecule has 3 aromatic rings. The molecule has 1 N–H and O–H groups in total. The number of fused-ring (bicyclic) bond motifs is 5. The van der Waals surface area contributed by atoms with Gasteiger partial charge in [-0.2, -0.15) is 5.01 Å². The van der Waals surface area contributed by atoms with Crippen molar-refractivity contribution in [1.82, 2.24) is 14.9 Å². The summed E-state index contributed by atoms with van der Waals surface area (Å²) in [5.74, 6) is 0.840. The first-order valence-electron chi connectivity index (χ1n) is 13.1. The van der Waals surface area contributed by atoms with E-state index in [0.29, 0.717) is 25.5 Å². The van der Waals surface area contributed by atoms with Gasteiger partial charge in [0.05, 0.1) is 12.7 Å². The van der Waals surface area contributed by atoms with Crippen molar-refractivity contribution in [3.63, 3.8) is 0 Å². The molecule has 0 aliphatic carbocycles. The fourth-order valence-corrected chi connectivity index (χ4v) is 5.29. The normalized spacial score (nSPS) is 24.1. The minimum atomic E-state index is -1.04. The maximum absolute atomic E-state index is 14.0. The number of aliphatic hydroxyl groups excluding tert-OH is 1. The van der Waals surface area contributed by atoms with Crippen LogP contribution in [0.1, 0.15) is 29.7 Å². The highest BCUT2D eigenvalue weighted by Gasteiger charge is 2.44. The zero-order valence-corrected chi connectivity index (χ0v) is 21.8. The Morgan fingerprint density at radius 3 is 2.49 bits per heavy atom. The Balaban J connectivity index is 1.51. The Morgan fingerprint density at radius 2 is 1.69 bits per heavy atom. The number of ether oxygens (including phenoxy) is 2. The molecule has 1 fully saturated rings. The van der Waals surface area contributed by atoms with Crippen LogP contribution >= 0.6 is 0 Å². The number of carbonyl (C=O) groups excluding carboxylic acids is 1. The Bertz CT molecular complexity index is 1430. The van der Waals surface area contributed by atoms with Gasteiger partial charge in [-0.05, 0) is 36.3 Å². The monoisotopic (exact) mass is 521 g/mol. The number of rotatable bonds is 4. The van der Waals surface area contributed by atoms with Gasteiger partial charge in [0, 0.05) is 18.3 Å². The van der Waals surface area contributed by atoms with Gasteiger partial charge in [-0.1, -0.05) is 84.4 Å². The number of hydrogen-bond acceptors (Lipinski definition) is 6. The molecule has 3 aliphatic rings. The van der Waals surface area contributed by atoms with E-state index >= 15 is 0 Å². The van der Waals surface area contributed by atoms with Crippen molar-refractivity contribution in [2.75, 3.05) is 19.8 Å². The average molecular weight is 522 g/mol. The minimum Gasteiger partial charge on any atom is -0.489 e. The first-order valence-corrected chi connectivity index (χ1v) is 13.1. The summed E-state index contributed by atoms with van der Waals surface area (Å²) in [6.07, 6.45) is 4.41. The van der Waals surface area contributed by atoms with E-state index in [2.05, 4.69) is 23.2 Å². The van der Waals surface area contributed by atoms with Gasteiger partial charge in [-0.25, -0.2) is 0 Å². The summed E-state index contributed by atoms with van der Waals surface area (Å²) in [5, 5.41) is 15.0. The predicted octanol–water partition coefficient (Wildman–Crippen LogP) is 4.75. The van der Waals surface area contributed by atoms with Crippen molar-refractivity contribution in [2.24, 2.45) is 0 Å². The summed E-state index contributed by atoms with van der Waals surface area (Å²) in [7, 11) is 0. The summed E-state index contributed by atoms with van der Waals surface area (Å²) < 4.78 is 12.5. The molecule has 3 aromatic carbocycles. The highest BCUT2D eigenvalue weighted by atomic mass is 16.5. The maximum atomic E-state index is 14.0. The maximum Gasteiger partial charge on any atom is 0.276 e. The van der Waals surface area contributed by atoms with E-state index in [9.17, 15) is 9.90 Å². The molecule has 0 saturated carbocycles. The first kappa shape index (κ1) is 25.0. The van der Waals surface area contributed by atoms with Crippen LogP contribution in [0.15, 0.2) is 120 Å². The second-order valence-corrected chi connectivity index (χ2v) is 9.91. The van der Waals surface area contributed by atoms with Gasteiger partial charge < -0.3 is 19.5 Å². The molecule has 7 heteroatoms. The van der Waals surface area contributed by atoms with Crippen molar-refractivity contribution in [3.05, 3.63) is 137 Å². The lowest BCUT2D eigenvalue weighted by atomic mass is 9.96. The zero-order chi connectivity index (χ0) is 26.8. The van der Waals surface area contributed by atoms with Crippen LogP contribution in [0.4, 0.5) is 0 Å². The van der Waals surface area contributed by atoms with E-state index in [0.717, 1.165) is 28.0 Å². The van der Waals surface area contributed by atoms with Crippen LogP contribution in [0.3, 0.4) is 0 Å². The third-order valence-electron chi connectivity index (χ3n) is 7.20. The molecule has 7 nitrogen and oxygen atoms in total. The lowest BCUT2D eigenvalue weighted by Crippen LogP contribution is -2.59. The Labute approximate surface area is 228 Å². The summed E-state index contributed by atoms with van der Waals surface area (Å²) in [4.78, 5) is 15.8. The quantitative estimate of drug-likeness (QED) is 0.500. The molecule has 3 atom stereocenters. The van der Waals surface area contributed by atoms with Crippen LogP contribution in [0.25, 0.3) is 0 Å². The number of carbonyl (C=O) groups is 1. The second kappa shape index (κ2) is 10.8. The van der Waals surface area contributed by atoms with Crippen molar-refractivity contribution >= 4 is 5.91 Å². The van der Waals surface area contributed by atoms with Gasteiger partial charge in [0.2, 0.25) is 0 Å². The molecule has 3 unspecified atom stereocenters. The van der Waals surface area contributed by atoms with Crippen LogP contribution in [-0.4, -0.2) is 51.9 Å². The van der Waals surface area contributed by atoms with E-state index in [-0.39, 0.29) is 24.3 Å². The van der Waals surface area contributed by atoms with Gasteiger partial charge in [0.1, 0.15) is 25.1 Å². The number of amides is 1. The van der Waals surface area contributed by atoms with Gasteiger partial charge in [-0.3, -0.25) is 9.80 Å². The van der Waals surface area contributed by atoms with Crippen LogP contribution < -0.4 is 4.74 Å². The molecule has 198 valence electrons. The molecule has 2 bridgehead atoms. The van der Waals surface area contributed by atoms with Crippen molar-refractivity contribution < 1.29 is 19.4 Å². The molecule has 0 spiro atoms. The Kier molecular flexibility index (Phi) is 6.92. The lowest BCUT2D eigenvalue weighted by Gasteiger charge is -2.49. The number of nitrogens with zero attached hydrogens (tertiary/aromatic N) is 3. The molecule has 3 heterocycles. The Hall–Kier alpha value is -4.33. The SMILES string of the molecule is C/C1=C/COc2ccccc2C(c2ccccc2)N2CN(C1)C(=O)C1=C(OCc3ccccc3)C(O)C=CN12. The number of hydrogen-bond donors (Lipinski definition) is 1. The van der Waals surface area contributed by atoms with Crippen molar-refractivity contribution in [2.45, 2.75) is 25.7 Å². The van der Waals surface area contributed by atoms with Gasteiger partial charge in [0.15, 0.2) is 11.5 Å². The third-order valence-corrected chi connectivity index (χ3v) is 7.20. The van der Waals surface area contributed by atoms with Crippen LogP contribution in [0.2, 0.25) is 0 Å². The lowest BCUT2D eigenvalue weighted by molar-refractivity contribution is -0.149. The molecule has 1 saturated heterocycles. The van der Waals surface area contributed by atoms with Crippen molar-refractivity contribution in [1.29, 1.82) is 0 Å². The van der Waals surface area contributed by atoms with E-state index in [1.165, 1.54) is 0 Å². The number of para-hydroxylation sites is 1. The molecule has 3 aliphatic heterocycles. The van der Waals surface area contributed by atoms with Crippen molar-refractivity contribution in [3.8, 4) is 5.75 Å². The molecular formula is C32H31N3O4. The first-order chi connectivity index (χ1) is 19.1. The van der Waals surface area contributed by atoms with Gasteiger partial charge in [-0.15, -0.1) is 0 Å². The molecule has 1 amide bonds. The topological polar surface area (TPSA) is 65.5 Å².